The summed E-state index contributed by atoms with van der Waals surface area (Å²) in [4.78, 5) is 8.43. The molecule has 0 spiro atoms. The minimum atomic E-state index is -0.296. The molecule has 2 N–H and O–H groups in total. The smallest absolute Gasteiger partial charge is 0.255 e. The fraction of sp³-hybridized carbons (Fsp3) is 0.200. The largest absolute Gasteiger partial charge is 0.336 e. The Labute approximate surface area is 91.0 Å². The van der Waals surface area contributed by atoms with Crippen molar-refractivity contribution in [2.45, 2.75) is 13.5 Å². The maximum Gasteiger partial charge on any atom is 0.255 e. The molecule has 5 nitrogen and oxygen atoms in total. The first-order valence-electron chi connectivity index (χ1n) is 4.61. The first-order chi connectivity index (χ1) is 7.70. The zero-order valence-corrected chi connectivity index (χ0v) is 8.61. The Morgan fingerprint density at radius 3 is 3.00 bits per heavy atom. The number of hydrogen-bond acceptors (Lipinski definition) is 5. The highest BCUT2D eigenvalue weighted by Gasteiger charge is 2.11. The van der Waals surface area contributed by atoms with Gasteiger partial charge in [0.2, 0.25) is 5.82 Å². The van der Waals surface area contributed by atoms with Crippen LogP contribution in [0.25, 0.3) is 11.4 Å². The Kier molecular flexibility index (Phi) is 2.93. The minimum Gasteiger partial charge on any atom is -0.336 e. The molecular weight excluding hydrogens is 213 g/mol. The van der Waals surface area contributed by atoms with Crippen molar-refractivity contribution in [2.24, 2.45) is 5.90 Å². The van der Waals surface area contributed by atoms with E-state index in [0.29, 0.717) is 11.4 Å². The molecule has 0 saturated carbocycles. The highest BCUT2D eigenvalue weighted by molar-refractivity contribution is 5.59. The van der Waals surface area contributed by atoms with Crippen molar-refractivity contribution in [3.63, 3.8) is 0 Å². The maximum atomic E-state index is 12.9. The van der Waals surface area contributed by atoms with Gasteiger partial charge in [-0.25, -0.2) is 10.3 Å². The Morgan fingerprint density at radius 2 is 2.31 bits per heavy atom. The van der Waals surface area contributed by atoms with Crippen LogP contribution in [0, 0.1) is 12.7 Å². The molecular formula is C10H10FN3O2. The van der Waals surface area contributed by atoms with Gasteiger partial charge >= 0.3 is 0 Å². The molecule has 0 saturated heterocycles. The van der Waals surface area contributed by atoms with E-state index in [-0.39, 0.29) is 18.3 Å². The van der Waals surface area contributed by atoms with Gasteiger partial charge in [-0.3, -0.25) is 4.84 Å². The number of hydrogen-bond donors (Lipinski definition) is 1. The van der Waals surface area contributed by atoms with Crippen LogP contribution < -0.4 is 5.90 Å². The Hall–Kier alpha value is -1.79. The summed E-state index contributed by atoms with van der Waals surface area (Å²) in [5.41, 5.74) is 1.45. The van der Waals surface area contributed by atoms with E-state index in [0.717, 1.165) is 5.56 Å². The fourth-order valence-corrected chi connectivity index (χ4v) is 1.37. The second kappa shape index (κ2) is 4.38. The molecule has 0 bridgehead atoms. The monoisotopic (exact) mass is 223 g/mol. The third-order valence-electron chi connectivity index (χ3n) is 2.10. The van der Waals surface area contributed by atoms with Crippen LogP contribution in [0.15, 0.2) is 22.7 Å². The Morgan fingerprint density at radius 1 is 1.50 bits per heavy atom. The Bertz CT molecular complexity index is 499. The van der Waals surface area contributed by atoms with Gasteiger partial charge in [-0.1, -0.05) is 5.16 Å². The second-order valence-electron chi connectivity index (χ2n) is 3.28. The molecule has 0 aliphatic carbocycles. The fourth-order valence-electron chi connectivity index (χ4n) is 1.37. The summed E-state index contributed by atoms with van der Waals surface area (Å²) in [6, 6.07) is 4.35. The van der Waals surface area contributed by atoms with E-state index < -0.39 is 0 Å². The quantitative estimate of drug-likeness (QED) is 0.799. The summed E-state index contributed by atoms with van der Waals surface area (Å²) in [6.45, 7) is 1.82. The number of aromatic nitrogens is 2. The summed E-state index contributed by atoms with van der Waals surface area (Å²) >= 11 is 0. The zero-order valence-electron chi connectivity index (χ0n) is 8.61. The van der Waals surface area contributed by atoms with Gasteiger partial charge in [-0.2, -0.15) is 4.98 Å². The lowest BCUT2D eigenvalue weighted by molar-refractivity contribution is 0.0996. The van der Waals surface area contributed by atoms with Gasteiger partial charge in [0.15, 0.2) is 0 Å². The second-order valence-corrected chi connectivity index (χ2v) is 3.28. The molecule has 0 aliphatic heterocycles. The molecule has 0 radical (unpaired) electrons. The highest BCUT2D eigenvalue weighted by atomic mass is 19.1. The summed E-state index contributed by atoms with van der Waals surface area (Å²) in [6.07, 6.45) is 0. The molecule has 1 aromatic heterocycles. The third-order valence-corrected chi connectivity index (χ3v) is 2.10. The molecule has 2 rings (SSSR count). The van der Waals surface area contributed by atoms with Crippen molar-refractivity contribution < 1.29 is 13.8 Å². The van der Waals surface area contributed by atoms with Crippen molar-refractivity contribution in [3.8, 4) is 11.4 Å². The summed E-state index contributed by atoms with van der Waals surface area (Å²) in [5.74, 6) is 5.26. The number of benzene rings is 1. The lowest BCUT2D eigenvalue weighted by Gasteiger charge is -1.99. The van der Waals surface area contributed by atoms with Crippen molar-refractivity contribution >= 4 is 0 Å². The predicted octanol–water partition coefficient (Wildman–Crippen LogP) is 1.57. The first kappa shape index (κ1) is 10.7. The summed E-state index contributed by atoms with van der Waals surface area (Å²) < 4.78 is 17.8. The van der Waals surface area contributed by atoms with Crippen LogP contribution >= 0.6 is 0 Å². The van der Waals surface area contributed by atoms with Crippen LogP contribution in [0.3, 0.4) is 0 Å². The number of rotatable bonds is 3. The standard InChI is InChI=1S/C10H10FN3O2/c1-6-4-7(11)2-3-8(6)10-13-9(5-15-12)16-14-10/h2-4H,5,12H2,1H3. The molecule has 1 heterocycles. The van der Waals surface area contributed by atoms with E-state index in [2.05, 4.69) is 15.0 Å². The molecule has 0 aliphatic rings. The normalized spacial score (nSPS) is 10.7. The number of aryl methyl sites for hydroxylation is 1. The first-order valence-corrected chi connectivity index (χ1v) is 4.61. The predicted molar refractivity (Wildman–Crippen MR) is 53.4 cm³/mol. The topological polar surface area (TPSA) is 74.2 Å². The van der Waals surface area contributed by atoms with Gasteiger partial charge in [0, 0.05) is 5.56 Å². The van der Waals surface area contributed by atoms with Crippen molar-refractivity contribution in [3.05, 3.63) is 35.5 Å². The molecule has 0 fully saturated rings. The lowest BCUT2D eigenvalue weighted by Crippen LogP contribution is -1.98. The van der Waals surface area contributed by atoms with Crippen molar-refractivity contribution in [1.29, 1.82) is 0 Å². The van der Waals surface area contributed by atoms with Gasteiger partial charge in [0.25, 0.3) is 5.89 Å². The summed E-state index contributed by atoms with van der Waals surface area (Å²) in [7, 11) is 0. The summed E-state index contributed by atoms with van der Waals surface area (Å²) in [5, 5.41) is 3.75. The van der Waals surface area contributed by atoms with Crippen LogP contribution in [0.2, 0.25) is 0 Å². The van der Waals surface area contributed by atoms with Gasteiger partial charge < -0.3 is 4.52 Å². The maximum absolute atomic E-state index is 12.9. The molecule has 0 amide bonds. The van der Waals surface area contributed by atoms with Crippen molar-refractivity contribution in [1.82, 2.24) is 10.1 Å². The van der Waals surface area contributed by atoms with Gasteiger partial charge in [0.05, 0.1) is 0 Å². The SMILES string of the molecule is Cc1cc(F)ccc1-c1noc(CON)n1. The molecule has 16 heavy (non-hydrogen) atoms. The van der Waals surface area contributed by atoms with Crippen LogP contribution in [0.1, 0.15) is 11.5 Å². The number of halogens is 1. The van der Waals surface area contributed by atoms with E-state index in [1.165, 1.54) is 12.1 Å². The molecule has 1 aromatic carbocycles. The van der Waals surface area contributed by atoms with Crippen LogP contribution in [-0.4, -0.2) is 10.1 Å². The third kappa shape index (κ3) is 2.07. The van der Waals surface area contributed by atoms with Crippen LogP contribution in [0.5, 0.6) is 0 Å². The zero-order chi connectivity index (χ0) is 11.5. The Balaban J connectivity index is 2.35. The minimum absolute atomic E-state index is 0.0489. The number of nitrogens with two attached hydrogens (primary N) is 1. The van der Waals surface area contributed by atoms with Gasteiger partial charge in [-0.15, -0.1) is 0 Å². The van der Waals surface area contributed by atoms with Crippen molar-refractivity contribution in [2.75, 3.05) is 0 Å². The average Bonchev–Trinajstić information content (AvgIpc) is 2.67. The van der Waals surface area contributed by atoms with E-state index in [4.69, 9.17) is 10.4 Å². The highest BCUT2D eigenvalue weighted by Crippen LogP contribution is 2.21. The molecule has 84 valence electrons. The van der Waals surface area contributed by atoms with E-state index in [9.17, 15) is 4.39 Å². The van der Waals surface area contributed by atoms with E-state index in [1.54, 1.807) is 13.0 Å². The number of nitrogens with zero attached hydrogens (tertiary/aromatic N) is 2. The van der Waals surface area contributed by atoms with E-state index in [1.807, 2.05) is 0 Å². The molecule has 0 atom stereocenters. The average molecular weight is 223 g/mol. The van der Waals surface area contributed by atoms with E-state index >= 15 is 0 Å². The van der Waals surface area contributed by atoms with Gasteiger partial charge in [0.1, 0.15) is 12.4 Å². The van der Waals surface area contributed by atoms with Gasteiger partial charge in [-0.05, 0) is 30.7 Å². The lowest BCUT2D eigenvalue weighted by atomic mass is 10.1. The van der Waals surface area contributed by atoms with Crippen LogP contribution in [-0.2, 0) is 11.4 Å². The molecule has 2 aromatic rings. The molecule has 0 unspecified atom stereocenters. The molecule has 6 heteroatoms. The van der Waals surface area contributed by atoms with Crippen LogP contribution in [0.4, 0.5) is 4.39 Å².